The van der Waals surface area contributed by atoms with E-state index in [2.05, 4.69) is 15.5 Å². The lowest BCUT2D eigenvalue weighted by atomic mass is 10.2. The van der Waals surface area contributed by atoms with Crippen molar-refractivity contribution in [3.8, 4) is 0 Å². The quantitative estimate of drug-likeness (QED) is 0.678. The molecule has 1 heterocycles. The minimum absolute atomic E-state index is 0.209. The Balaban J connectivity index is 2.09. The Labute approximate surface area is 108 Å². The van der Waals surface area contributed by atoms with Crippen LogP contribution in [0.5, 0.6) is 0 Å². The van der Waals surface area contributed by atoms with Crippen LogP contribution in [-0.2, 0) is 18.2 Å². The van der Waals surface area contributed by atoms with E-state index >= 15 is 0 Å². The highest BCUT2D eigenvalue weighted by Crippen LogP contribution is 2.06. The highest BCUT2D eigenvalue weighted by Gasteiger charge is 2.13. The van der Waals surface area contributed by atoms with Crippen LogP contribution in [0, 0.1) is 0 Å². The Morgan fingerprint density at radius 3 is 2.78 bits per heavy atom. The number of aryl methyl sites for hydroxylation is 1. The van der Waals surface area contributed by atoms with Gasteiger partial charge in [0.1, 0.15) is 12.2 Å². The molecular weight excluding hydrogens is 232 g/mol. The largest absolute Gasteiger partial charge is 0.389 e. The first-order valence-electron chi connectivity index (χ1n) is 6.24. The molecule has 0 saturated heterocycles. The fraction of sp³-hybridized carbons (Fsp3) is 0.833. The van der Waals surface area contributed by atoms with Gasteiger partial charge in [0.25, 0.3) is 0 Å². The van der Waals surface area contributed by atoms with Crippen LogP contribution in [0.25, 0.3) is 0 Å². The second kappa shape index (κ2) is 6.82. The van der Waals surface area contributed by atoms with Gasteiger partial charge in [-0.05, 0) is 20.8 Å². The molecule has 0 aliphatic heterocycles. The van der Waals surface area contributed by atoms with Gasteiger partial charge in [-0.2, -0.15) is 0 Å². The average molecular weight is 256 g/mol. The molecule has 1 aromatic heterocycles. The molecule has 6 heteroatoms. The van der Waals surface area contributed by atoms with E-state index in [-0.39, 0.29) is 5.60 Å². The molecule has 1 aromatic rings. The number of aliphatic hydroxyl groups is 1. The molecule has 0 saturated carbocycles. The number of ether oxygens (including phenoxy) is 1. The van der Waals surface area contributed by atoms with Crippen LogP contribution in [0.1, 0.15) is 26.6 Å². The second-order valence-electron chi connectivity index (χ2n) is 5.39. The van der Waals surface area contributed by atoms with Crippen LogP contribution in [0.2, 0.25) is 0 Å². The Kier molecular flexibility index (Phi) is 5.71. The van der Waals surface area contributed by atoms with E-state index in [1.54, 1.807) is 6.33 Å². The van der Waals surface area contributed by atoms with E-state index in [1.165, 1.54) is 0 Å². The van der Waals surface area contributed by atoms with Crippen LogP contribution in [0.4, 0.5) is 0 Å². The molecule has 18 heavy (non-hydrogen) atoms. The van der Waals surface area contributed by atoms with E-state index in [0.717, 1.165) is 18.8 Å². The summed E-state index contributed by atoms with van der Waals surface area (Å²) in [5.41, 5.74) is -0.209. The summed E-state index contributed by atoms with van der Waals surface area (Å²) in [7, 11) is 1.92. The van der Waals surface area contributed by atoms with Gasteiger partial charge in [0, 0.05) is 26.6 Å². The third-order valence-corrected chi connectivity index (χ3v) is 2.42. The molecule has 0 aliphatic rings. The SMILES string of the molecule is Cn1cnnc1CCNCC(O)COC(C)(C)C. The first-order chi connectivity index (χ1) is 8.38. The van der Waals surface area contributed by atoms with Gasteiger partial charge in [-0.1, -0.05) is 0 Å². The lowest BCUT2D eigenvalue weighted by molar-refractivity contribution is -0.0478. The van der Waals surface area contributed by atoms with Crippen molar-refractivity contribution in [1.29, 1.82) is 0 Å². The monoisotopic (exact) mass is 256 g/mol. The van der Waals surface area contributed by atoms with Crippen molar-refractivity contribution < 1.29 is 9.84 Å². The number of hydrogen-bond acceptors (Lipinski definition) is 5. The molecule has 0 spiro atoms. The molecular formula is C12H24N4O2. The molecule has 0 aromatic carbocycles. The van der Waals surface area contributed by atoms with Gasteiger partial charge in [0.15, 0.2) is 0 Å². The first-order valence-corrected chi connectivity index (χ1v) is 6.24. The fourth-order valence-electron chi connectivity index (χ4n) is 1.41. The zero-order valence-electron chi connectivity index (χ0n) is 11.7. The maximum atomic E-state index is 9.70. The molecule has 0 aliphatic carbocycles. The van der Waals surface area contributed by atoms with Crippen molar-refractivity contribution in [3.05, 3.63) is 12.2 Å². The first kappa shape index (κ1) is 15.1. The summed E-state index contributed by atoms with van der Waals surface area (Å²) < 4.78 is 7.39. The standard InChI is InChI=1S/C12H24N4O2/c1-12(2,3)18-8-10(17)7-13-6-5-11-15-14-9-16(11)4/h9-10,13,17H,5-8H2,1-4H3. The number of rotatable bonds is 7. The van der Waals surface area contributed by atoms with Crippen LogP contribution in [0.3, 0.4) is 0 Å². The minimum atomic E-state index is -0.483. The van der Waals surface area contributed by atoms with E-state index < -0.39 is 6.10 Å². The summed E-state index contributed by atoms with van der Waals surface area (Å²) in [4.78, 5) is 0. The summed E-state index contributed by atoms with van der Waals surface area (Å²) in [5, 5.41) is 20.7. The van der Waals surface area contributed by atoms with E-state index in [9.17, 15) is 5.11 Å². The van der Waals surface area contributed by atoms with Crippen molar-refractivity contribution in [1.82, 2.24) is 20.1 Å². The summed E-state index contributed by atoms with van der Waals surface area (Å²) in [5.74, 6) is 0.933. The van der Waals surface area contributed by atoms with Crippen molar-refractivity contribution >= 4 is 0 Å². The predicted molar refractivity (Wildman–Crippen MR) is 69.3 cm³/mol. The summed E-state index contributed by atoms with van der Waals surface area (Å²) in [6, 6.07) is 0. The summed E-state index contributed by atoms with van der Waals surface area (Å²) >= 11 is 0. The number of nitrogens with one attached hydrogen (secondary N) is 1. The smallest absolute Gasteiger partial charge is 0.133 e. The maximum absolute atomic E-state index is 9.70. The van der Waals surface area contributed by atoms with Crippen LogP contribution < -0.4 is 5.32 Å². The molecule has 0 fully saturated rings. The molecule has 0 radical (unpaired) electrons. The van der Waals surface area contributed by atoms with Crippen LogP contribution in [-0.4, -0.2) is 51.3 Å². The molecule has 0 amide bonds. The molecule has 6 nitrogen and oxygen atoms in total. The normalized spacial score (nSPS) is 13.8. The summed E-state index contributed by atoms with van der Waals surface area (Å²) in [6.07, 6.45) is 1.99. The topological polar surface area (TPSA) is 72.2 Å². The molecule has 0 bridgehead atoms. The Hall–Kier alpha value is -0.980. The predicted octanol–water partition coefficient (Wildman–Crippen LogP) is 0.123. The zero-order chi connectivity index (χ0) is 13.6. The van der Waals surface area contributed by atoms with E-state index in [4.69, 9.17) is 4.74 Å². The Morgan fingerprint density at radius 2 is 2.22 bits per heavy atom. The number of hydrogen-bond donors (Lipinski definition) is 2. The highest BCUT2D eigenvalue weighted by molar-refractivity contribution is 4.84. The van der Waals surface area contributed by atoms with Crippen molar-refractivity contribution in [2.24, 2.45) is 7.05 Å². The second-order valence-corrected chi connectivity index (χ2v) is 5.39. The molecule has 1 rings (SSSR count). The number of aliphatic hydroxyl groups excluding tert-OH is 1. The summed E-state index contributed by atoms with van der Waals surface area (Å²) in [6.45, 7) is 7.55. The lowest BCUT2D eigenvalue weighted by Gasteiger charge is -2.22. The third kappa shape index (κ3) is 6.09. The molecule has 1 unspecified atom stereocenters. The molecule has 2 N–H and O–H groups in total. The molecule has 1 atom stereocenters. The van der Waals surface area contributed by atoms with Gasteiger partial charge in [0.05, 0.1) is 18.3 Å². The average Bonchev–Trinajstić information content (AvgIpc) is 2.67. The van der Waals surface area contributed by atoms with E-state index in [0.29, 0.717) is 13.2 Å². The van der Waals surface area contributed by atoms with Gasteiger partial charge in [-0.15, -0.1) is 10.2 Å². The fourth-order valence-corrected chi connectivity index (χ4v) is 1.41. The highest BCUT2D eigenvalue weighted by atomic mass is 16.5. The van der Waals surface area contributed by atoms with E-state index in [1.807, 2.05) is 32.4 Å². The van der Waals surface area contributed by atoms with Gasteiger partial charge in [-0.3, -0.25) is 0 Å². The Bertz CT molecular complexity index is 346. The van der Waals surface area contributed by atoms with Crippen molar-refractivity contribution in [2.45, 2.75) is 38.9 Å². The molecule has 104 valence electrons. The third-order valence-electron chi connectivity index (χ3n) is 2.42. The van der Waals surface area contributed by atoms with Gasteiger partial charge >= 0.3 is 0 Å². The van der Waals surface area contributed by atoms with Crippen LogP contribution >= 0.6 is 0 Å². The van der Waals surface area contributed by atoms with Crippen LogP contribution in [0.15, 0.2) is 6.33 Å². The zero-order valence-corrected chi connectivity index (χ0v) is 11.7. The minimum Gasteiger partial charge on any atom is -0.389 e. The van der Waals surface area contributed by atoms with Gasteiger partial charge in [0.2, 0.25) is 0 Å². The number of nitrogens with zero attached hydrogens (tertiary/aromatic N) is 3. The van der Waals surface area contributed by atoms with Crippen molar-refractivity contribution in [3.63, 3.8) is 0 Å². The van der Waals surface area contributed by atoms with Gasteiger partial charge < -0.3 is 19.7 Å². The maximum Gasteiger partial charge on any atom is 0.133 e. The Morgan fingerprint density at radius 1 is 1.50 bits per heavy atom. The van der Waals surface area contributed by atoms with Gasteiger partial charge in [-0.25, -0.2) is 0 Å². The van der Waals surface area contributed by atoms with Crippen molar-refractivity contribution in [2.75, 3.05) is 19.7 Å². The lowest BCUT2D eigenvalue weighted by Crippen LogP contribution is -2.34. The number of aromatic nitrogens is 3.